The maximum Gasteiger partial charge on any atom is 0.256 e. The van der Waals surface area contributed by atoms with Gasteiger partial charge in [-0.05, 0) is 54.4 Å². The van der Waals surface area contributed by atoms with Crippen molar-refractivity contribution < 1.29 is 9.53 Å². The SMILES string of the molecule is Cc1cc(NC(=O)c2cccc(COc3c(Cl)cc(Cl)cc3Cl)c2)nn1Cc1ccc(Cl)cc1. The van der Waals surface area contributed by atoms with Gasteiger partial charge in [0.1, 0.15) is 6.61 Å². The van der Waals surface area contributed by atoms with E-state index >= 15 is 0 Å². The Labute approximate surface area is 217 Å². The van der Waals surface area contributed by atoms with E-state index in [4.69, 9.17) is 51.1 Å². The Hall–Kier alpha value is -2.70. The molecule has 4 rings (SSSR count). The first kappa shape index (κ1) is 24.4. The normalized spacial score (nSPS) is 10.9. The number of carbonyl (C=O) groups excluding carboxylic acids is 1. The summed E-state index contributed by atoms with van der Waals surface area (Å²) in [7, 11) is 0. The number of nitrogens with one attached hydrogen (secondary N) is 1. The largest absolute Gasteiger partial charge is 0.486 e. The highest BCUT2D eigenvalue weighted by Crippen LogP contribution is 2.36. The van der Waals surface area contributed by atoms with Crippen LogP contribution in [0.25, 0.3) is 0 Å². The summed E-state index contributed by atoms with van der Waals surface area (Å²) in [6, 6.07) is 19.6. The summed E-state index contributed by atoms with van der Waals surface area (Å²) in [6.45, 7) is 2.68. The Morgan fingerprint density at radius 2 is 1.62 bits per heavy atom. The molecule has 0 spiro atoms. The Morgan fingerprint density at radius 3 is 2.32 bits per heavy atom. The van der Waals surface area contributed by atoms with Gasteiger partial charge in [0.25, 0.3) is 5.91 Å². The van der Waals surface area contributed by atoms with Gasteiger partial charge in [0, 0.05) is 27.4 Å². The number of anilines is 1. The lowest BCUT2D eigenvalue weighted by Crippen LogP contribution is -2.13. The van der Waals surface area contributed by atoms with Gasteiger partial charge in [-0.2, -0.15) is 5.10 Å². The molecule has 0 bridgehead atoms. The molecule has 1 heterocycles. The van der Waals surface area contributed by atoms with Crippen LogP contribution in [0.2, 0.25) is 20.1 Å². The quantitative estimate of drug-likeness (QED) is 0.264. The average molecular weight is 535 g/mol. The number of amides is 1. The van der Waals surface area contributed by atoms with Crippen molar-refractivity contribution in [2.24, 2.45) is 0 Å². The molecule has 1 N–H and O–H groups in total. The smallest absolute Gasteiger partial charge is 0.256 e. The molecule has 9 heteroatoms. The fraction of sp³-hybridized carbons (Fsp3) is 0.120. The molecular formula is C25H19Cl4N3O2. The number of hydrogen-bond acceptors (Lipinski definition) is 3. The summed E-state index contributed by atoms with van der Waals surface area (Å²) in [5.41, 5.74) is 3.23. The minimum atomic E-state index is -0.277. The molecule has 0 aliphatic heterocycles. The van der Waals surface area contributed by atoms with Crippen molar-refractivity contribution in [3.05, 3.63) is 109 Å². The van der Waals surface area contributed by atoms with Crippen molar-refractivity contribution in [2.75, 3.05) is 5.32 Å². The van der Waals surface area contributed by atoms with E-state index in [1.807, 2.05) is 48.0 Å². The van der Waals surface area contributed by atoms with Gasteiger partial charge in [0.05, 0.1) is 16.6 Å². The van der Waals surface area contributed by atoms with Gasteiger partial charge in [-0.1, -0.05) is 70.7 Å². The highest BCUT2D eigenvalue weighted by molar-refractivity contribution is 6.40. The zero-order chi connectivity index (χ0) is 24.2. The zero-order valence-corrected chi connectivity index (χ0v) is 21.0. The maximum absolute atomic E-state index is 12.8. The van der Waals surface area contributed by atoms with E-state index in [1.54, 1.807) is 30.3 Å². The number of aryl methyl sites for hydroxylation is 1. The molecule has 1 amide bonds. The predicted molar refractivity (Wildman–Crippen MR) is 138 cm³/mol. The van der Waals surface area contributed by atoms with E-state index < -0.39 is 0 Å². The Bertz CT molecular complexity index is 1310. The van der Waals surface area contributed by atoms with Gasteiger partial charge in [-0.3, -0.25) is 9.48 Å². The molecule has 0 aliphatic rings. The highest BCUT2D eigenvalue weighted by Gasteiger charge is 2.13. The summed E-state index contributed by atoms with van der Waals surface area (Å²) < 4.78 is 7.59. The van der Waals surface area contributed by atoms with Crippen LogP contribution in [0, 0.1) is 6.92 Å². The van der Waals surface area contributed by atoms with Gasteiger partial charge in [0.2, 0.25) is 0 Å². The summed E-state index contributed by atoms with van der Waals surface area (Å²) in [6.07, 6.45) is 0. The molecule has 5 nitrogen and oxygen atoms in total. The van der Waals surface area contributed by atoms with Crippen LogP contribution in [0.5, 0.6) is 5.75 Å². The molecule has 0 saturated heterocycles. The number of nitrogens with zero attached hydrogens (tertiary/aromatic N) is 2. The number of aromatic nitrogens is 2. The maximum atomic E-state index is 12.8. The third-order valence-electron chi connectivity index (χ3n) is 5.00. The fourth-order valence-corrected chi connectivity index (χ4v) is 4.36. The molecule has 0 aliphatic carbocycles. The predicted octanol–water partition coefficient (Wildman–Crippen LogP) is 7.68. The van der Waals surface area contributed by atoms with E-state index in [0.717, 1.165) is 16.8 Å². The van der Waals surface area contributed by atoms with Gasteiger partial charge in [-0.25, -0.2) is 0 Å². The van der Waals surface area contributed by atoms with Crippen LogP contribution < -0.4 is 10.1 Å². The molecule has 0 fully saturated rings. The molecule has 3 aromatic carbocycles. The standard InChI is InChI=1S/C25H19Cl4N3O2/c1-15-9-23(31-32(15)13-16-5-7-19(26)8-6-16)30-25(33)18-4-2-3-17(10-18)14-34-24-21(28)11-20(27)12-22(24)29/h2-12H,13-14H2,1H3,(H,30,31,33). The topological polar surface area (TPSA) is 56.1 Å². The van der Waals surface area contributed by atoms with E-state index in [0.29, 0.717) is 43.8 Å². The summed E-state index contributed by atoms with van der Waals surface area (Å²) in [5.74, 6) is 0.530. The lowest BCUT2D eigenvalue weighted by molar-refractivity contribution is 0.102. The molecule has 0 unspecified atom stereocenters. The van der Waals surface area contributed by atoms with Gasteiger partial charge in [-0.15, -0.1) is 0 Å². The fourth-order valence-electron chi connectivity index (χ4n) is 3.31. The summed E-state index contributed by atoms with van der Waals surface area (Å²) in [4.78, 5) is 12.8. The minimum Gasteiger partial charge on any atom is -0.486 e. The molecule has 174 valence electrons. The third-order valence-corrected chi connectivity index (χ3v) is 6.04. The van der Waals surface area contributed by atoms with Crippen molar-refractivity contribution in [3.8, 4) is 5.75 Å². The monoisotopic (exact) mass is 533 g/mol. The van der Waals surface area contributed by atoms with E-state index in [-0.39, 0.29) is 12.5 Å². The van der Waals surface area contributed by atoms with Crippen LogP contribution >= 0.6 is 46.4 Å². The Morgan fingerprint density at radius 1 is 0.912 bits per heavy atom. The number of rotatable bonds is 7. The van der Waals surface area contributed by atoms with Gasteiger partial charge < -0.3 is 10.1 Å². The average Bonchev–Trinajstić information content (AvgIpc) is 3.13. The molecule has 0 radical (unpaired) electrons. The Balaban J connectivity index is 1.42. The molecule has 0 saturated carbocycles. The van der Waals surface area contributed by atoms with Crippen molar-refractivity contribution in [2.45, 2.75) is 20.1 Å². The van der Waals surface area contributed by atoms with Crippen LogP contribution in [-0.2, 0) is 13.2 Å². The molecule has 0 atom stereocenters. The first-order valence-corrected chi connectivity index (χ1v) is 11.8. The second kappa shape index (κ2) is 10.7. The van der Waals surface area contributed by atoms with Crippen molar-refractivity contribution in [3.63, 3.8) is 0 Å². The number of halogens is 4. The number of hydrogen-bond donors (Lipinski definition) is 1. The van der Waals surface area contributed by atoms with Crippen molar-refractivity contribution in [1.82, 2.24) is 9.78 Å². The third kappa shape index (κ3) is 6.05. The molecule has 1 aromatic heterocycles. The lowest BCUT2D eigenvalue weighted by atomic mass is 10.1. The van der Waals surface area contributed by atoms with Crippen LogP contribution in [0.3, 0.4) is 0 Å². The van der Waals surface area contributed by atoms with Crippen LogP contribution in [0.4, 0.5) is 5.82 Å². The summed E-state index contributed by atoms with van der Waals surface area (Å²) in [5, 5.41) is 9.09. The summed E-state index contributed by atoms with van der Waals surface area (Å²) >= 11 is 24.2. The second-order valence-electron chi connectivity index (χ2n) is 7.60. The number of benzene rings is 3. The first-order chi connectivity index (χ1) is 16.3. The van der Waals surface area contributed by atoms with Crippen LogP contribution in [-0.4, -0.2) is 15.7 Å². The van der Waals surface area contributed by atoms with Crippen LogP contribution in [0.15, 0.2) is 66.7 Å². The minimum absolute atomic E-state index is 0.178. The number of carbonyl (C=O) groups is 1. The van der Waals surface area contributed by atoms with E-state index in [2.05, 4.69) is 10.4 Å². The van der Waals surface area contributed by atoms with Crippen molar-refractivity contribution >= 4 is 58.1 Å². The molecule has 34 heavy (non-hydrogen) atoms. The zero-order valence-electron chi connectivity index (χ0n) is 18.0. The second-order valence-corrected chi connectivity index (χ2v) is 9.28. The molecule has 4 aromatic rings. The van der Waals surface area contributed by atoms with E-state index in [9.17, 15) is 4.79 Å². The van der Waals surface area contributed by atoms with Crippen molar-refractivity contribution in [1.29, 1.82) is 0 Å². The van der Waals surface area contributed by atoms with E-state index in [1.165, 1.54) is 0 Å². The Kier molecular flexibility index (Phi) is 7.69. The highest BCUT2D eigenvalue weighted by atomic mass is 35.5. The lowest BCUT2D eigenvalue weighted by Gasteiger charge is -2.11. The van der Waals surface area contributed by atoms with Gasteiger partial charge in [0.15, 0.2) is 11.6 Å². The van der Waals surface area contributed by atoms with Gasteiger partial charge >= 0.3 is 0 Å². The molecular weight excluding hydrogens is 516 g/mol. The van der Waals surface area contributed by atoms with Crippen LogP contribution in [0.1, 0.15) is 27.2 Å². The first-order valence-electron chi connectivity index (χ1n) is 10.2. The number of ether oxygens (including phenoxy) is 1.